The minimum absolute atomic E-state index is 0.0382. The van der Waals surface area contributed by atoms with Gasteiger partial charge in [-0.1, -0.05) is 12.1 Å². The Hall–Kier alpha value is -4.10. The highest BCUT2D eigenvalue weighted by Gasteiger charge is 2.31. The molecule has 0 bridgehead atoms. The van der Waals surface area contributed by atoms with E-state index >= 15 is 0 Å². The topological polar surface area (TPSA) is 118 Å². The molecule has 1 saturated carbocycles. The van der Waals surface area contributed by atoms with Crippen LogP contribution in [-0.2, 0) is 22.9 Å². The highest BCUT2D eigenvalue weighted by molar-refractivity contribution is 7.90. The lowest BCUT2D eigenvalue weighted by atomic mass is 9.87. The number of carbonyl (C=O) groups excluding carboxylic acids is 1. The quantitative estimate of drug-likeness (QED) is 0.323. The Balaban J connectivity index is 1.22. The van der Waals surface area contributed by atoms with E-state index in [4.69, 9.17) is 4.74 Å². The van der Waals surface area contributed by atoms with Crippen LogP contribution in [0.3, 0.4) is 0 Å². The Bertz CT molecular complexity index is 1770. The monoisotopic (exact) mass is 624 g/mol. The third-order valence-corrected chi connectivity index (χ3v) is 9.60. The second-order valence-electron chi connectivity index (χ2n) is 11.6. The lowest BCUT2D eigenvalue weighted by Gasteiger charge is -2.28. The fourth-order valence-corrected chi connectivity index (χ4v) is 6.97. The molecule has 2 aromatic heterocycles. The number of halogens is 2. The SMILES string of the molecule is Cc1cc2c(c(NC(=O)NS(=O)(=O)c3ccn(C4CC(=C(F)F)C4)n3)c1-c1ccnc(OCC3=CCCN(C)C3)c1)CCC2. The number of rotatable bonds is 8. The number of nitrogens with one attached hydrogen (secondary N) is 2. The van der Waals surface area contributed by atoms with Gasteiger partial charge in [0.15, 0.2) is 5.03 Å². The van der Waals surface area contributed by atoms with Gasteiger partial charge in [0.05, 0.1) is 11.7 Å². The number of likely N-dealkylation sites (N-methyl/N-ethyl adjacent to an activating group) is 1. The van der Waals surface area contributed by atoms with E-state index in [2.05, 4.69) is 44.2 Å². The van der Waals surface area contributed by atoms with Gasteiger partial charge < -0.3 is 15.0 Å². The predicted molar refractivity (Wildman–Crippen MR) is 161 cm³/mol. The Morgan fingerprint density at radius 3 is 2.77 bits per heavy atom. The van der Waals surface area contributed by atoms with Crippen molar-refractivity contribution in [1.82, 2.24) is 24.4 Å². The van der Waals surface area contributed by atoms with Crippen LogP contribution in [-0.4, -0.2) is 60.9 Å². The fourth-order valence-electron chi connectivity index (χ4n) is 6.13. The van der Waals surface area contributed by atoms with Gasteiger partial charge in [-0.05, 0) is 98.0 Å². The normalized spacial score (nSPS) is 18.3. The molecule has 1 aromatic carbocycles. The molecular formula is C31H34F2N6O4S. The standard InChI is InChI=1S/C31H34F2N6O4S/c1-19-13-21-6-3-7-25(21)29(28(19)22-8-10-34-26(16-22)43-18-20-5-4-11-38(2)17-20)35-31(40)37-44(41,42)27-9-12-39(36-27)24-14-23(15-24)30(32)33/h5,8-10,12-13,16,24H,3-4,6-7,11,14-15,17-18H2,1-2H3,(H2,35,37,40). The minimum atomic E-state index is -4.33. The first-order valence-electron chi connectivity index (χ1n) is 14.6. The third kappa shape index (κ3) is 6.25. The molecule has 1 fully saturated rings. The summed E-state index contributed by atoms with van der Waals surface area (Å²) in [5.41, 5.74) is 6.32. The molecule has 3 aromatic rings. The molecule has 2 amide bonds. The van der Waals surface area contributed by atoms with E-state index in [-0.39, 0.29) is 29.5 Å². The molecule has 3 aliphatic rings. The molecule has 44 heavy (non-hydrogen) atoms. The van der Waals surface area contributed by atoms with Crippen molar-refractivity contribution in [3.05, 3.63) is 76.7 Å². The molecule has 232 valence electrons. The van der Waals surface area contributed by atoms with Gasteiger partial charge >= 0.3 is 6.03 Å². The average molecular weight is 625 g/mol. The zero-order chi connectivity index (χ0) is 31.0. The van der Waals surface area contributed by atoms with E-state index in [0.717, 1.165) is 66.6 Å². The van der Waals surface area contributed by atoms with Crippen molar-refractivity contribution in [2.75, 3.05) is 32.1 Å². The van der Waals surface area contributed by atoms with E-state index in [1.807, 2.05) is 19.1 Å². The first-order chi connectivity index (χ1) is 21.1. The molecule has 10 nitrogen and oxygen atoms in total. The van der Waals surface area contributed by atoms with E-state index in [0.29, 0.717) is 18.2 Å². The first-order valence-corrected chi connectivity index (χ1v) is 16.1. The summed E-state index contributed by atoms with van der Waals surface area (Å²) < 4.78 is 61.1. The Kier molecular flexibility index (Phi) is 8.25. The number of aromatic nitrogens is 3. The van der Waals surface area contributed by atoms with Crippen molar-refractivity contribution in [1.29, 1.82) is 0 Å². The number of urea groups is 1. The number of hydrogen-bond donors (Lipinski definition) is 2. The van der Waals surface area contributed by atoms with Gasteiger partial charge in [-0.3, -0.25) is 4.68 Å². The average Bonchev–Trinajstić information content (AvgIpc) is 3.62. The summed E-state index contributed by atoms with van der Waals surface area (Å²) in [6.07, 6.45) is 7.28. The summed E-state index contributed by atoms with van der Waals surface area (Å²) >= 11 is 0. The van der Waals surface area contributed by atoms with Crippen molar-refractivity contribution < 1.29 is 26.7 Å². The third-order valence-electron chi connectivity index (χ3n) is 8.37. The zero-order valence-electron chi connectivity index (χ0n) is 24.6. The molecular weight excluding hydrogens is 590 g/mol. The number of hydrogen-bond acceptors (Lipinski definition) is 7. The van der Waals surface area contributed by atoms with E-state index < -0.39 is 22.1 Å². The Labute approximate surface area is 254 Å². The molecule has 0 spiro atoms. The van der Waals surface area contributed by atoms with Crippen LogP contribution in [0.2, 0.25) is 0 Å². The number of ether oxygens (including phenoxy) is 1. The van der Waals surface area contributed by atoms with Crippen LogP contribution >= 0.6 is 0 Å². The molecule has 0 atom stereocenters. The van der Waals surface area contributed by atoms with E-state index in [1.54, 1.807) is 6.20 Å². The lowest BCUT2D eigenvalue weighted by molar-refractivity contribution is 0.256. The first kappa shape index (κ1) is 29.9. The molecule has 2 N–H and O–H groups in total. The molecule has 0 unspecified atom stereocenters. The van der Waals surface area contributed by atoms with Gasteiger partial charge in [0.25, 0.3) is 16.1 Å². The molecule has 3 heterocycles. The minimum Gasteiger partial charge on any atom is -0.473 e. The maximum Gasteiger partial charge on any atom is 0.333 e. The van der Waals surface area contributed by atoms with Crippen molar-refractivity contribution in [3.63, 3.8) is 0 Å². The summed E-state index contributed by atoms with van der Waals surface area (Å²) in [5, 5.41) is 6.51. The Morgan fingerprint density at radius 1 is 1.18 bits per heavy atom. The van der Waals surface area contributed by atoms with Crippen LogP contribution in [0, 0.1) is 6.92 Å². The Morgan fingerprint density at radius 2 is 2.00 bits per heavy atom. The van der Waals surface area contributed by atoms with Crippen molar-refractivity contribution in [3.8, 4) is 17.0 Å². The highest BCUT2D eigenvalue weighted by atomic mass is 32.2. The van der Waals surface area contributed by atoms with Gasteiger partial charge in [0.2, 0.25) is 5.88 Å². The van der Waals surface area contributed by atoms with E-state index in [9.17, 15) is 22.0 Å². The predicted octanol–water partition coefficient (Wildman–Crippen LogP) is 5.38. The molecule has 13 heteroatoms. The maximum absolute atomic E-state index is 13.2. The van der Waals surface area contributed by atoms with Crippen LogP contribution in [0.4, 0.5) is 19.3 Å². The maximum atomic E-state index is 13.2. The largest absolute Gasteiger partial charge is 0.473 e. The van der Waals surface area contributed by atoms with Crippen molar-refractivity contribution in [2.24, 2.45) is 0 Å². The molecule has 0 saturated heterocycles. The highest BCUT2D eigenvalue weighted by Crippen LogP contribution is 2.41. The van der Waals surface area contributed by atoms with Crippen molar-refractivity contribution in [2.45, 2.75) is 56.5 Å². The number of sulfonamides is 1. The molecule has 2 aliphatic carbocycles. The lowest BCUT2D eigenvalue weighted by Crippen LogP contribution is -2.35. The van der Waals surface area contributed by atoms with Gasteiger partial charge in [-0.25, -0.2) is 14.5 Å². The number of allylic oxidation sites excluding steroid dienone is 1. The van der Waals surface area contributed by atoms with Gasteiger partial charge in [0.1, 0.15) is 6.61 Å². The number of pyridine rings is 1. The number of anilines is 1. The fraction of sp³-hybridized carbons (Fsp3) is 0.387. The smallest absolute Gasteiger partial charge is 0.333 e. The number of amides is 2. The second-order valence-corrected chi connectivity index (χ2v) is 13.2. The zero-order valence-corrected chi connectivity index (χ0v) is 25.4. The molecule has 6 rings (SSSR count). The van der Waals surface area contributed by atoms with Gasteiger partial charge in [-0.15, -0.1) is 0 Å². The van der Waals surface area contributed by atoms with Crippen LogP contribution in [0.15, 0.2) is 65.0 Å². The summed E-state index contributed by atoms with van der Waals surface area (Å²) in [7, 11) is -2.25. The number of benzene rings is 1. The molecule has 1 aliphatic heterocycles. The van der Waals surface area contributed by atoms with Gasteiger partial charge in [-0.2, -0.15) is 22.3 Å². The number of aryl methyl sites for hydroxylation is 2. The number of carbonyl (C=O) groups is 1. The van der Waals surface area contributed by atoms with Crippen molar-refractivity contribution >= 4 is 21.7 Å². The number of nitrogens with zero attached hydrogens (tertiary/aromatic N) is 4. The van der Waals surface area contributed by atoms with Crippen LogP contribution in [0.1, 0.15) is 48.4 Å². The summed E-state index contributed by atoms with van der Waals surface area (Å²) in [5.74, 6) is 0.452. The molecule has 0 radical (unpaired) electrons. The number of fused-ring (bicyclic) bond motifs is 1. The van der Waals surface area contributed by atoms with Crippen LogP contribution in [0.25, 0.3) is 11.1 Å². The van der Waals surface area contributed by atoms with Crippen LogP contribution < -0.4 is 14.8 Å². The van der Waals surface area contributed by atoms with Crippen LogP contribution in [0.5, 0.6) is 5.88 Å². The van der Waals surface area contributed by atoms with Gasteiger partial charge in [0, 0.05) is 37.1 Å². The summed E-state index contributed by atoms with van der Waals surface area (Å²) in [4.78, 5) is 19.8. The van der Waals surface area contributed by atoms with E-state index in [1.165, 1.54) is 22.5 Å². The summed E-state index contributed by atoms with van der Waals surface area (Å²) in [6, 6.07) is 5.76. The second kappa shape index (κ2) is 12.1. The summed E-state index contributed by atoms with van der Waals surface area (Å²) in [6.45, 7) is 4.25.